The molecule has 3 aromatic rings. The molecule has 0 spiro atoms. The third kappa shape index (κ3) is 3.84. The smallest absolute Gasteiger partial charge is 0.270 e. The SMILES string of the molecule is COc1ccc(CNC(=O)[C@@H]2CCCN(c3nc4nc[nH]c(=O)c4s3)C2)cc1. The van der Waals surface area contributed by atoms with Gasteiger partial charge in [-0.15, -0.1) is 0 Å². The fraction of sp³-hybridized carbons (Fsp3) is 0.368. The number of H-pyrrole nitrogens is 1. The first-order valence-corrected chi connectivity index (χ1v) is 9.95. The molecule has 1 saturated heterocycles. The topological polar surface area (TPSA) is 100 Å². The number of carbonyl (C=O) groups excluding carboxylic acids is 1. The second-order valence-electron chi connectivity index (χ2n) is 6.73. The maximum atomic E-state index is 12.7. The van der Waals surface area contributed by atoms with E-state index in [0.717, 1.165) is 35.8 Å². The number of rotatable bonds is 5. The fourth-order valence-corrected chi connectivity index (χ4v) is 4.28. The number of nitrogens with zero attached hydrogens (tertiary/aromatic N) is 3. The molecule has 1 aliphatic heterocycles. The van der Waals surface area contributed by atoms with Crippen LogP contribution in [0, 0.1) is 5.92 Å². The van der Waals surface area contributed by atoms with Crippen molar-refractivity contribution in [2.45, 2.75) is 19.4 Å². The van der Waals surface area contributed by atoms with E-state index in [0.29, 0.717) is 23.4 Å². The third-order valence-electron chi connectivity index (χ3n) is 4.88. The van der Waals surface area contributed by atoms with Gasteiger partial charge < -0.3 is 19.9 Å². The van der Waals surface area contributed by atoms with Gasteiger partial charge in [0.05, 0.1) is 19.4 Å². The summed E-state index contributed by atoms with van der Waals surface area (Å²) in [4.78, 5) is 37.8. The van der Waals surface area contributed by atoms with E-state index in [1.165, 1.54) is 17.7 Å². The molecule has 8 nitrogen and oxygen atoms in total. The summed E-state index contributed by atoms with van der Waals surface area (Å²) in [5, 5.41) is 3.77. The van der Waals surface area contributed by atoms with Crippen LogP contribution in [0.25, 0.3) is 10.3 Å². The van der Waals surface area contributed by atoms with Crippen LogP contribution in [-0.2, 0) is 11.3 Å². The Morgan fingerprint density at radius 2 is 2.21 bits per heavy atom. The van der Waals surface area contributed by atoms with Crippen LogP contribution < -0.4 is 20.5 Å². The van der Waals surface area contributed by atoms with Gasteiger partial charge in [-0.25, -0.2) is 4.98 Å². The van der Waals surface area contributed by atoms with Crippen molar-refractivity contribution in [3.05, 3.63) is 46.5 Å². The number of carbonyl (C=O) groups is 1. The van der Waals surface area contributed by atoms with Gasteiger partial charge in [-0.2, -0.15) is 4.98 Å². The van der Waals surface area contributed by atoms with Crippen LogP contribution in [0.5, 0.6) is 5.75 Å². The Labute approximate surface area is 165 Å². The van der Waals surface area contributed by atoms with Crippen molar-refractivity contribution in [2.75, 3.05) is 25.1 Å². The molecule has 0 unspecified atom stereocenters. The molecule has 3 heterocycles. The van der Waals surface area contributed by atoms with Gasteiger partial charge >= 0.3 is 0 Å². The number of thiazole rings is 1. The van der Waals surface area contributed by atoms with Crippen molar-refractivity contribution in [3.63, 3.8) is 0 Å². The Kier molecular flexibility index (Phi) is 5.25. The van der Waals surface area contributed by atoms with Crippen LogP contribution in [0.1, 0.15) is 18.4 Å². The molecular formula is C19H21N5O3S. The second-order valence-corrected chi connectivity index (χ2v) is 7.71. The van der Waals surface area contributed by atoms with E-state index >= 15 is 0 Å². The molecule has 0 bridgehead atoms. The molecule has 2 N–H and O–H groups in total. The Hall–Kier alpha value is -2.94. The maximum Gasteiger partial charge on any atom is 0.270 e. The third-order valence-corrected chi connectivity index (χ3v) is 5.98. The van der Waals surface area contributed by atoms with Gasteiger partial charge in [0.2, 0.25) is 5.91 Å². The lowest BCUT2D eigenvalue weighted by Crippen LogP contribution is -2.42. The Morgan fingerprint density at radius 3 is 2.96 bits per heavy atom. The van der Waals surface area contributed by atoms with E-state index in [1.54, 1.807) is 7.11 Å². The predicted octanol–water partition coefficient (Wildman–Crippen LogP) is 1.92. The van der Waals surface area contributed by atoms with Crippen molar-refractivity contribution >= 4 is 32.7 Å². The van der Waals surface area contributed by atoms with Gasteiger partial charge in [-0.1, -0.05) is 23.5 Å². The Bertz CT molecular complexity index is 1030. The Morgan fingerprint density at radius 1 is 1.39 bits per heavy atom. The van der Waals surface area contributed by atoms with Crippen LogP contribution in [0.3, 0.4) is 0 Å². The molecule has 1 amide bonds. The summed E-state index contributed by atoms with van der Waals surface area (Å²) in [5.74, 6) is 0.727. The van der Waals surface area contributed by atoms with Crippen LogP contribution >= 0.6 is 11.3 Å². The lowest BCUT2D eigenvalue weighted by atomic mass is 9.97. The number of hydrogen-bond donors (Lipinski definition) is 2. The highest BCUT2D eigenvalue weighted by Gasteiger charge is 2.27. The van der Waals surface area contributed by atoms with Crippen molar-refractivity contribution in [3.8, 4) is 5.75 Å². The molecule has 0 radical (unpaired) electrons. The largest absolute Gasteiger partial charge is 0.497 e. The number of aromatic nitrogens is 3. The normalized spacial score (nSPS) is 16.9. The summed E-state index contributed by atoms with van der Waals surface area (Å²) in [7, 11) is 1.63. The monoisotopic (exact) mass is 399 g/mol. The van der Waals surface area contributed by atoms with E-state index in [-0.39, 0.29) is 17.4 Å². The van der Waals surface area contributed by atoms with Crippen molar-refractivity contribution in [1.82, 2.24) is 20.3 Å². The van der Waals surface area contributed by atoms with E-state index in [2.05, 4.69) is 25.2 Å². The van der Waals surface area contributed by atoms with Gasteiger partial charge in [-0.05, 0) is 30.5 Å². The molecule has 1 aliphatic rings. The van der Waals surface area contributed by atoms with Crippen LogP contribution in [-0.4, -0.2) is 41.1 Å². The number of benzene rings is 1. The summed E-state index contributed by atoms with van der Waals surface area (Å²) in [6.07, 6.45) is 3.11. The average molecular weight is 399 g/mol. The van der Waals surface area contributed by atoms with Gasteiger partial charge in [0.15, 0.2) is 10.8 Å². The highest BCUT2D eigenvalue weighted by molar-refractivity contribution is 7.22. The molecule has 4 rings (SSSR count). The molecule has 1 aromatic carbocycles. The molecule has 2 aromatic heterocycles. The molecule has 0 saturated carbocycles. The van der Waals surface area contributed by atoms with E-state index in [4.69, 9.17) is 4.74 Å². The number of hydrogen-bond acceptors (Lipinski definition) is 7. The van der Waals surface area contributed by atoms with Crippen molar-refractivity contribution < 1.29 is 9.53 Å². The number of amides is 1. The lowest BCUT2D eigenvalue weighted by molar-refractivity contribution is -0.125. The number of piperidine rings is 1. The van der Waals surface area contributed by atoms with Crippen molar-refractivity contribution in [2.24, 2.45) is 5.92 Å². The molecule has 28 heavy (non-hydrogen) atoms. The number of ether oxygens (including phenoxy) is 1. The zero-order chi connectivity index (χ0) is 19.5. The number of anilines is 1. The minimum atomic E-state index is -0.181. The zero-order valence-electron chi connectivity index (χ0n) is 15.5. The maximum absolute atomic E-state index is 12.7. The quantitative estimate of drug-likeness (QED) is 0.680. The molecular weight excluding hydrogens is 378 g/mol. The second kappa shape index (κ2) is 7.97. The summed E-state index contributed by atoms with van der Waals surface area (Å²) in [5.41, 5.74) is 1.30. The number of aromatic amines is 1. The van der Waals surface area contributed by atoms with E-state index < -0.39 is 0 Å². The van der Waals surface area contributed by atoms with Gasteiger partial charge in [0.25, 0.3) is 5.56 Å². The predicted molar refractivity (Wildman–Crippen MR) is 108 cm³/mol. The van der Waals surface area contributed by atoms with E-state index in [9.17, 15) is 9.59 Å². The standard InChI is InChI=1S/C19H21N5O3S/c1-27-14-6-4-12(5-7-14)9-20-17(25)13-3-2-8-24(10-13)19-23-16-15(28-19)18(26)22-11-21-16/h4-7,11,13H,2-3,8-10H2,1H3,(H,20,25)(H,21,22,26)/t13-/m1/s1. The minimum Gasteiger partial charge on any atom is -0.497 e. The first-order chi connectivity index (χ1) is 13.6. The average Bonchev–Trinajstić information content (AvgIpc) is 3.18. The van der Waals surface area contributed by atoms with Crippen LogP contribution in [0.4, 0.5) is 5.13 Å². The van der Waals surface area contributed by atoms with Gasteiger partial charge in [0, 0.05) is 19.6 Å². The van der Waals surface area contributed by atoms with Gasteiger partial charge in [0.1, 0.15) is 10.4 Å². The first kappa shape index (κ1) is 18.4. The molecule has 1 atom stereocenters. The minimum absolute atomic E-state index is 0.0394. The molecule has 0 aliphatic carbocycles. The lowest BCUT2D eigenvalue weighted by Gasteiger charge is -2.31. The Balaban J connectivity index is 1.40. The molecule has 146 valence electrons. The van der Waals surface area contributed by atoms with Crippen molar-refractivity contribution in [1.29, 1.82) is 0 Å². The first-order valence-electron chi connectivity index (χ1n) is 9.14. The zero-order valence-corrected chi connectivity index (χ0v) is 16.3. The highest BCUT2D eigenvalue weighted by Crippen LogP contribution is 2.29. The number of methoxy groups -OCH3 is 1. The van der Waals surface area contributed by atoms with Crippen LogP contribution in [0.15, 0.2) is 35.4 Å². The summed E-state index contributed by atoms with van der Waals surface area (Å²) < 4.78 is 5.67. The highest BCUT2D eigenvalue weighted by atomic mass is 32.1. The fourth-order valence-electron chi connectivity index (χ4n) is 3.33. The summed E-state index contributed by atoms with van der Waals surface area (Å²) in [6, 6.07) is 7.65. The summed E-state index contributed by atoms with van der Waals surface area (Å²) in [6.45, 7) is 1.89. The summed E-state index contributed by atoms with van der Waals surface area (Å²) >= 11 is 1.32. The number of fused-ring (bicyclic) bond motifs is 1. The van der Waals surface area contributed by atoms with E-state index in [1.807, 2.05) is 24.3 Å². The number of nitrogens with one attached hydrogen (secondary N) is 2. The molecule has 9 heteroatoms. The molecule has 1 fully saturated rings. The van der Waals surface area contributed by atoms with Gasteiger partial charge in [-0.3, -0.25) is 9.59 Å². The van der Waals surface area contributed by atoms with Crippen LogP contribution in [0.2, 0.25) is 0 Å².